The Bertz CT molecular complexity index is 646. The van der Waals surface area contributed by atoms with E-state index in [1.165, 1.54) is 22.9 Å². The van der Waals surface area contributed by atoms with Crippen molar-refractivity contribution in [2.45, 2.75) is 50.0 Å². The maximum absolute atomic E-state index is 11.9. The lowest BCUT2D eigenvalue weighted by atomic mass is 9.99. The van der Waals surface area contributed by atoms with Crippen molar-refractivity contribution in [3.63, 3.8) is 0 Å². The number of carbonyl (C=O) groups excluding carboxylic acids is 1. The number of rotatable bonds is 3. The number of thioether (sulfide) groups is 1. The van der Waals surface area contributed by atoms with Crippen LogP contribution in [0.15, 0.2) is 27.8 Å². The summed E-state index contributed by atoms with van der Waals surface area (Å²) in [4.78, 5) is 11.9. The van der Waals surface area contributed by atoms with Gasteiger partial charge in [0.05, 0.1) is 5.25 Å². The fraction of sp³-hybridized carbons (Fsp3) is 0.438. The normalized spacial score (nSPS) is 19.0. The van der Waals surface area contributed by atoms with Crippen LogP contribution in [0.3, 0.4) is 0 Å². The minimum atomic E-state index is -0.0219. The van der Waals surface area contributed by atoms with Gasteiger partial charge in [-0.1, -0.05) is 35.4 Å². The SMILES string of the molecule is Cc1cc(C)cc(-c2nnc(S[C@@H]3CCCCC3=O)o2)c1. The molecule has 0 spiro atoms. The summed E-state index contributed by atoms with van der Waals surface area (Å²) in [7, 11) is 0. The molecule has 1 aromatic carbocycles. The number of carbonyl (C=O) groups is 1. The summed E-state index contributed by atoms with van der Waals surface area (Å²) in [5.41, 5.74) is 3.27. The monoisotopic (exact) mass is 302 g/mol. The van der Waals surface area contributed by atoms with E-state index in [0.29, 0.717) is 23.3 Å². The van der Waals surface area contributed by atoms with Gasteiger partial charge in [-0.3, -0.25) is 4.79 Å². The Labute approximate surface area is 128 Å². The van der Waals surface area contributed by atoms with Crippen molar-refractivity contribution in [3.05, 3.63) is 29.3 Å². The zero-order valence-electron chi connectivity index (χ0n) is 12.3. The van der Waals surface area contributed by atoms with Gasteiger partial charge in [-0.15, -0.1) is 10.2 Å². The van der Waals surface area contributed by atoms with E-state index in [1.54, 1.807) is 0 Å². The standard InChI is InChI=1S/C16H18N2O2S/c1-10-7-11(2)9-12(8-10)15-17-18-16(20-15)21-14-6-4-3-5-13(14)19/h7-9,14H,3-6H2,1-2H3/t14-/m1/s1. The Kier molecular flexibility index (Phi) is 4.10. The van der Waals surface area contributed by atoms with Crippen LogP contribution in [0.25, 0.3) is 11.5 Å². The maximum Gasteiger partial charge on any atom is 0.277 e. The second-order valence-electron chi connectivity index (χ2n) is 5.57. The molecule has 110 valence electrons. The third-order valence-corrected chi connectivity index (χ3v) is 4.77. The van der Waals surface area contributed by atoms with Crippen LogP contribution in [-0.2, 0) is 4.79 Å². The number of aromatic nitrogens is 2. The minimum Gasteiger partial charge on any atom is -0.411 e. The molecule has 5 heteroatoms. The van der Waals surface area contributed by atoms with E-state index in [0.717, 1.165) is 24.8 Å². The Balaban J connectivity index is 1.78. The molecular formula is C16H18N2O2S. The number of aryl methyl sites for hydroxylation is 2. The van der Waals surface area contributed by atoms with E-state index in [9.17, 15) is 4.79 Å². The number of nitrogens with zero attached hydrogens (tertiary/aromatic N) is 2. The maximum atomic E-state index is 11.9. The van der Waals surface area contributed by atoms with E-state index >= 15 is 0 Å². The Morgan fingerprint density at radius 1 is 1.14 bits per heavy atom. The highest BCUT2D eigenvalue weighted by Gasteiger charge is 2.25. The zero-order valence-corrected chi connectivity index (χ0v) is 13.1. The number of hydrogen-bond donors (Lipinski definition) is 0. The van der Waals surface area contributed by atoms with Crippen molar-refractivity contribution in [1.82, 2.24) is 10.2 Å². The molecule has 0 aliphatic heterocycles. The van der Waals surface area contributed by atoms with Gasteiger partial charge in [0.15, 0.2) is 0 Å². The summed E-state index contributed by atoms with van der Waals surface area (Å²) in [6, 6.07) is 6.16. The number of Topliss-reactive ketones (excluding diaryl/α,β-unsaturated/α-hetero) is 1. The largest absolute Gasteiger partial charge is 0.411 e. The molecule has 0 N–H and O–H groups in total. The lowest BCUT2D eigenvalue weighted by Crippen LogP contribution is -2.21. The first-order valence-electron chi connectivity index (χ1n) is 7.23. The number of hydrogen-bond acceptors (Lipinski definition) is 5. The molecule has 1 saturated carbocycles. The highest BCUT2D eigenvalue weighted by atomic mass is 32.2. The molecular weight excluding hydrogens is 284 g/mol. The van der Waals surface area contributed by atoms with Crippen LogP contribution in [-0.4, -0.2) is 21.2 Å². The molecule has 0 amide bonds. The molecule has 21 heavy (non-hydrogen) atoms. The molecule has 1 atom stereocenters. The van der Waals surface area contributed by atoms with Gasteiger partial charge in [0.25, 0.3) is 5.22 Å². The van der Waals surface area contributed by atoms with Crippen LogP contribution in [0.4, 0.5) is 0 Å². The lowest BCUT2D eigenvalue weighted by molar-refractivity contribution is -0.119. The first kappa shape index (κ1) is 14.3. The molecule has 1 fully saturated rings. The van der Waals surface area contributed by atoms with E-state index in [2.05, 4.69) is 16.3 Å². The van der Waals surface area contributed by atoms with Crippen LogP contribution in [0.1, 0.15) is 36.8 Å². The Morgan fingerprint density at radius 3 is 2.62 bits per heavy atom. The molecule has 0 unspecified atom stereocenters. The fourth-order valence-electron chi connectivity index (χ4n) is 2.67. The molecule has 0 radical (unpaired) electrons. The van der Waals surface area contributed by atoms with Crippen molar-refractivity contribution < 1.29 is 9.21 Å². The first-order valence-corrected chi connectivity index (χ1v) is 8.11. The highest BCUT2D eigenvalue weighted by Crippen LogP contribution is 2.32. The molecule has 1 heterocycles. The van der Waals surface area contributed by atoms with E-state index in [4.69, 9.17) is 4.42 Å². The van der Waals surface area contributed by atoms with Crippen molar-refractivity contribution in [2.75, 3.05) is 0 Å². The summed E-state index contributed by atoms with van der Waals surface area (Å²) in [6.07, 6.45) is 3.69. The minimum absolute atomic E-state index is 0.0219. The molecule has 0 saturated heterocycles. The van der Waals surface area contributed by atoms with Crippen LogP contribution in [0, 0.1) is 13.8 Å². The van der Waals surface area contributed by atoms with Crippen LogP contribution >= 0.6 is 11.8 Å². The van der Waals surface area contributed by atoms with Gasteiger partial charge in [0.2, 0.25) is 5.89 Å². The fourth-order valence-corrected chi connectivity index (χ4v) is 3.66. The van der Waals surface area contributed by atoms with Crippen LogP contribution in [0.2, 0.25) is 0 Å². The predicted molar refractivity (Wildman–Crippen MR) is 82.3 cm³/mol. The summed E-state index contributed by atoms with van der Waals surface area (Å²) in [6.45, 7) is 4.09. The molecule has 1 aromatic heterocycles. The van der Waals surface area contributed by atoms with Crippen molar-refractivity contribution in [1.29, 1.82) is 0 Å². The molecule has 0 bridgehead atoms. The summed E-state index contributed by atoms with van der Waals surface area (Å²) in [5.74, 6) is 0.824. The average molecular weight is 302 g/mol. The van der Waals surface area contributed by atoms with Gasteiger partial charge in [0, 0.05) is 12.0 Å². The molecule has 1 aliphatic carbocycles. The van der Waals surface area contributed by atoms with E-state index in [-0.39, 0.29) is 5.25 Å². The molecule has 3 rings (SSSR count). The quantitative estimate of drug-likeness (QED) is 0.859. The van der Waals surface area contributed by atoms with Gasteiger partial charge in [-0.2, -0.15) is 0 Å². The third kappa shape index (κ3) is 3.35. The van der Waals surface area contributed by atoms with Gasteiger partial charge < -0.3 is 4.42 Å². The topological polar surface area (TPSA) is 56.0 Å². The summed E-state index contributed by atoms with van der Waals surface area (Å²) >= 11 is 1.41. The second-order valence-corrected chi connectivity index (χ2v) is 6.72. The van der Waals surface area contributed by atoms with E-state index in [1.807, 2.05) is 26.0 Å². The zero-order chi connectivity index (χ0) is 14.8. The summed E-state index contributed by atoms with van der Waals surface area (Å²) < 4.78 is 5.72. The van der Waals surface area contributed by atoms with Crippen molar-refractivity contribution in [2.24, 2.45) is 0 Å². The smallest absolute Gasteiger partial charge is 0.277 e. The van der Waals surface area contributed by atoms with Gasteiger partial charge in [0.1, 0.15) is 5.78 Å². The predicted octanol–water partition coefficient (Wildman–Crippen LogP) is 3.96. The van der Waals surface area contributed by atoms with Crippen LogP contribution in [0.5, 0.6) is 0 Å². The molecule has 1 aliphatic rings. The van der Waals surface area contributed by atoms with Gasteiger partial charge >= 0.3 is 0 Å². The number of benzene rings is 1. The van der Waals surface area contributed by atoms with E-state index < -0.39 is 0 Å². The Hall–Kier alpha value is -1.62. The van der Waals surface area contributed by atoms with Crippen LogP contribution < -0.4 is 0 Å². The summed E-state index contributed by atoms with van der Waals surface area (Å²) in [5, 5.41) is 8.65. The molecule has 4 nitrogen and oxygen atoms in total. The lowest BCUT2D eigenvalue weighted by Gasteiger charge is -2.17. The Morgan fingerprint density at radius 2 is 1.90 bits per heavy atom. The van der Waals surface area contributed by atoms with Crippen molar-refractivity contribution >= 4 is 17.5 Å². The third-order valence-electron chi connectivity index (χ3n) is 3.62. The van der Waals surface area contributed by atoms with Gasteiger partial charge in [-0.25, -0.2) is 0 Å². The first-order chi connectivity index (χ1) is 10.1. The highest BCUT2D eigenvalue weighted by molar-refractivity contribution is 8.00. The van der Waals surface area contributed by atoms with Crippen molar-refractivity contribution in [3.8, 4) is 11.5 Å². The number of ketones is 1. The molecule has 2 aromatic rings. The van der Waals surface area contributed by atoms with Gasteiger partial charge in [-0.05, 0) is 38.8 Å². The average Bonchev–Trinajstić information content (AvgIpc) is 2.89. The second kappa shape index (κ2) is 6.02.